The van der Waals surface area contributed by atoms with E-state index in [9.17, 15) is 18.0 Å². The number of nitrogens with one attached hydrogen (secondary N) is 1. The minimum Gasteiger partial charge on any atom is -0.335 e. The van der Waals surface area contributed by atoms with E-state index in [0.29, 0.717) is 41.8 Å². The number of carbonyl (C=O) groups excluding carboxylic acids is 1. The molecule has 1 aliphatic rings. The minimum absolute atomic E-state index is 0.0455. The number of hydroxylamine groups is 1. The van der Waals surface area contributed by atoms with Gasteiger partial charge in [-0.1, -0.05) is 30.3 Å². The van der Waals surface area contributed by atoms with Crippen LogP contribution in [0.2, 0.25) is 0 Å². The molecular weight excluding hydrogens is 467 g/mol. The highest BCUT2D eigenvalue weighted by molar-refractivity contribution is 5.99. The summed E-state index contributed by atoms with van der Waals surface area (Å²) in [5, 5.41) is 8.93. The fourth-order valence-electron chi connectivity index (χ4n) is 3.73. The molecule has 0 aromatic heterocycles. The van der Waals surface area contributed by atoms with Crippen LogP contribution >= 0.6 is 0 Å². The molecule has 0 saturated heterocycles. The molecule has 0 spiro atoms. The van der Waals surface area contributed by atoms with Crippen LogP contribution in [0, 0.1) is 28.8 Å². The lowest BCUT2D eigenvalue weighted by atomic mass is 9.97. The first-order valence-electron chi connectivity index (χ1n) is 11.2. The summed E-state index contributed by atoms with van der Waals surface area (Å²) >= 11 is 0. The van der Waals surface area contributed by atoms with Crippen molar-refractivity contribution in [3.8, 4) is 6.07 Å². The third kappa shape index (κ3) is 6.20. The average Bonchev–Trinajstić information content (AvgIpc) is 2.90. The van der Waals surface area contributed by atoms with Crippen LogP contribution in [0.1, 0.15) is 28.7 Å². The van der Waals surface area contributed by atoms with Gasteiger partial charge in [0.25, 0.3) is 0 Å². The summed E-state index contributed by atoms with van der Waals surface area (Å²) in [6, 6.07) is 17.5. The predicted molar refractivity (Wildman–Crippen MR) is 128 cm³/mol. The van der Waals surface area contributed by atoms with Crippen LogP contribution in [0.3, 0.4) is 0 Å². The molecule has 182 valence electrons. The Morgan fingerprint density at radius 2 is 1.64 bits per heavy atom. The maximum Gasteiger partial charge on any atom is 0.247 e. The number of hydrogen-bond acceptors (Lipinski definition) is 4. The van der Waals surface area contributed by atoms with Gasteiger partial charge < -0.3 is 4.90 Å². The molecule has 0 aliphatic carbocycles. The molecule has 1 heterocycles. The summed E-state index contributed by atoms with van der Waals surface area (Å²) in [7, 11) is 0. The number of rotatable bonds is 7. The van der Waals surface area contributed by atoms with Crippen LogP contribution in [0.25, 0.3) is 5.57 Å². The molecule has 0 bridgehead atoms. The minimum atomic E-state index is -0.579. The van der Waals surface area contributed by atoms with Crippen molar-refractivity contribution < 1.29 is 22.8 Å². The Labute approximate surface area is 206 Å². The van der Waals surface area contributed by atoms with E-state index in [2.05, 4.69) is 5.48 Å². The van der Waals surface area contributed by atoms with Crippen molar-refractivity contribution in [1.29, 1.82) is 5.26 Å². The molecule has 3 aromatic rings. The lowest BCUT2D eigenvalue weighted by Crippen LogP contribution is -2.36. The maximum atomic E-state index is 13.4. The van der Waals surface area contributed by atoms with Crippen molar-refractivity contribution in [3.05, 3.63) is 124 Å². The zero-order chi connectivity index (χ0) is 25.5. The van der Waals surface area contributed by atoms with E-state index in [0.717, 1.165) is 5.70 Å². The Kier molecular flexibility index (Phi) is 7.83. The van der Waals surface area contributed by atoms with Gasteiger partial charge in [-0.05, 0) is 64.7 Å². The first-order valence-corrected chi connectivity index (χ1v) is 11.2. The van der Waals surface area contributed by atoms with Gasteiger partial charge in [-0.25, -0.2) is 13.2 Å². The van der Waals surface area contributed by atoms with Crippen molar-refractivity contribution >= 4 is 11.5 Å². The SMILES string of the molecule is N#Cc1cc(CONC2=CCN(C(=O)C=C(c3ccc(F)cc3)c3ccc(F)cc3)CC2)ccc1F. The molecule has 0 saturated carbocycles. The summed E-state index contributed by atoms with van der Waals surface area (Å²) in [4.78, 5) is 20.2. The third-order valence-corrected chi connectivity index (χ3v) is 5.69. The van der Waals surface area contributed by atoms with Gasteiger partial charge in [0.15, 0.2) is 0 Å². The van der Waals surface area contributed by atoms with Crippen molar-refractivity contribution in [2.45, 2.75) is 13.0 Å². The quantitative estimate of drug-likeness (QED) is 0.364. The van der Waals surface area contributed by atoms with Crippen molar-refractivity contribution in [1.82, 2.24) is 10.4 Å². The summed E-state index contributed by atoms with van der Waals surface area (Å²) < 4.78 is 40.3. The molecule has 0 fully saturated rings. The molecule has 1 amide bonds. The van der Waals surface area contributed by atoms with E-state index in [4.69, 9.17) is 10.1 Å². The smallest absolute Gasteiger partial charge is 0.247 e. The van der Waals surface area contributed by atoms with Crippen molar-refractivity contribution in [3.63, 3.8) is 0 Å². The second-order valence-electron chi connectivity index (χ2n) is 8.15. The van der Waals surface area contributed by atoms with Gasteiger partial charge in [-0.2, -0.15) is 5.26 Å². The lowest BCUT2D eigenvalue weighted by molar-refractivity contribution is -0.125. The van der Waals surface area contributed by atoms with Gasteiger partial charge in [0.05, 0.1) is 12.2 Å². The molecule has 0 unspecified atom stereocenters. The number of carbonyl (C=O) groups is 1. The largest absolute Gasteiger partial charge is 0.335 e. The Morgan fingerprint density at radius 3 is 2.19 bits per heavy atom. The zero-order valence-corrected chi connectivity index (χ0v) is 19.2. The molecule has 1 aliphatic heterocycles. The van der Waals surface area contributed by atoms with Crippen molar-refractivity contribution in [2.24, 2.45) is 0 Å². The van der Waals surface area contributed by atoms with Crippen LogP contribution in [-0.2, 0) is 16.2 Å². The molecule has 1 N–H and O–H groups in total. The second kappa shape index (κ2) is 11.4. The normalized spacial score (nSPS) is 12.9. The fourth-order valence-corrected chi connectivity index (χ4v) is 3.73. The van der Waals surface area contributed by atoms with Crippen LogP contribution in [0.4, 0.5) is 13.2 Å². The van der Waals surface area contributed by atoms with E-state index < -0.39 is 17.5 Å². The van der Waals surface area contributed by atoms with Gasteiger partial charge in [0, 0.05) is 31.3 Å². The molecule has 8 heteroatoms. The van der Waals surface area contributed by atoms with E-state index in [1.807, 2.05) is 6.08 Å². The maximum absolute atomic E-state index is 13.4. The van der Waals surface area contributed by atoms with Crippen LogP contribution in [-0.4, -0.2) is 23.9 Å². The highest BCUT2D eigenvalue weighted by atomic mass is 19.1. The zero-order valence-electron chi connectivity index (χ0n) is 19.2. The van der Waals surface area contributed by atoms with E-state index in [1.165, 1.54) is 42.5 Å². The number of benzene rings is 3. The van der Waals surface area contributed by atoms with E-state index >= 15 is 0 Å². The Balaban J connectivity index is 1.40. The lowest BCUT2D eigenvalue weighted by Gasteiger charge is -2.26. The molecule has 3 aromatic carbocycles. The molecule has 5 nitrogen and oxygen atoms in total. The van der Waals surface area contributed by atoms with E-state index in [1.54, 1.807) is 41.3 Å². The highest BCUT2D eigenvalue weighted by Crippen LogP contribution is 2.25. The molecule has 36 heavy (non-hydrogen) atoms. The Morgan fingerprint density at radius 1 is 1.00 bits per heavy atom. The van der Waals surface area contributed by atoms with Crippen LogP contribution in [0.15, 0.2) is 84.6 Å². The van der Waals surface area contributed by atoms with Gasteiger partial charge in [-0.3, -0.25) is 15.1 Å². The van der Waals surface area contributed by atoms with Crippen LogP contribution < -0.4 is 5.48 Å². The topological polar surface area (TPSA) is 65.4 Å². The summed E-state index contributed by atoms with van der Waals surface area (Å²) in [5.41, 5.74) is 6.08. The molecule has 0 radical (unpaired) electrons. The van der Waals surface area contributed by atoms with Gasteiger partial charge in [0.1, 0.15) is 23.5 Å². The molecular formula is C28H22F3N3O2. The fraction of sp³-hybridized carbons (Fsp3) is 0.143. The monoisotopic (exact) mass is 489 g/mol. The number of amides is 1. The van der Waals surface area contributed by atoms with E-state index in [-0.39, 0.29) is 18.1 Å². The number of hydrogen-bond donors (Lipinski definition) is 1. The third-order valence-electron chi connectivity index (χ3n) is 5.69. The van der Waals surface area contributed by atoms with Gasteiger partial charge in [-0.15, -0.1) is 0 Å². The number of halogens is 3. The summed E-state index contributed by atoms with van der Waals surface area (Å²) in [6.45, 7) is 0.916. The Hall–Kier alpha value is -4.35. The van der Waals surface area contributed by atoms with Crippen LogP contribution in [0.5, 0.6) is 0 Å². The molecule has 4 rings (SSSR count). The molecule has 0 atom stereocenters. The first kappa shape index (κ1) is 24.8. The summed E-state index contributed by atoms with van der Waals surface area (Å²) in [6.07, 6.45) is 3.83. The predicted octanol–water partition coefficient (Wildman–Crippen LogP) is 5.24. The first-order chi connectivity index (χ1) is 17.4. The van der Waals surface area contributed by atoms with Gasteiger partial charge >= 0.3 is 0 Å². The summed E-state index contributed by atoms with van der Waals surface area (Å²) in [5.74, 6) is -1.59. The second-order valence-corrected chi connectivity index (χ2v) is 8.15. The highest BCUT2D eigenvalue weighted by Gasteiger charge is 2.18. The number of nitrogens with zero attached hydrogens (tertiary/aromatic N) is 2. The number of nitriles is 1. The van der Waals surface area contributed by atoms with Crippen molar-refractivity contribution in [2.75, 3.05) is 13.1 Å². The Bertz CT molecular complexity index is 1300. The van der Waals surface area contributed by atoms with Gasteiger partial charge in [0.2, 0.25) is 5.91 Å². The standard InChI is InChI=1S/C28H22F3N3O2/c29-23-6-2-20(3-7-23)26(21-4-8-24(30)9-5-21)16-28(35)34-13-11-25(12-14-34)33-36-18-19-1-10-27(31)22(15-19)17-32/h1-11,15-16,33H,12-14,18H2. The average molecular weight is 489 g/mol.